The molecule has 1 aliphatic heterocycles. The number of carbonyl (C=O) groups is 3. The number of amides is 3. The maximum atomic E-state index is 14.1. The predicted octanol–water partition coefficient (Wildman–Crippen LogP) is 5.93. The number of nitrogens with one attached hydrogen (secondary N) is 2. The second kappa shape index (κ2) is 15.0. The fourth-order valence-corrected chi connectivity index (χ4v) is 7.20. The highest BCUT2D eigenvalue weighted by Crippen LogP contribution is 2.31. The normalized spacial score (nSPS) is 17.0. The molecule has 1 aliphatic rings. The molecule has 6 rings (SSSR count). The van der Waals surface area contributed by atoms with Gasteiger partial charge in [-0.2, -0.15) is 10.2 Å². The van der Waals surface area contributed by atoms with Crippen LogP contribution >= 0.6 is 11.3 Å². The van der Waals surface area contributed by atoms with Gasteiger partial charge in [0.25, 0.3) is 5.91 Å². The highest BCUT2D eigenvalue weighted by molar-refractivity contribution is 7.13. The lowest BCUT2D eigenvalue weighted by atomic mass is 9.85. The van der Waals surface area contributed by atoms with Gasteiger partial charge in [0.05, 0.1) is 40.1 Å². The maximum Gasteiger partial charge on any atom is 0.251 e. The van der Waals surface area contributed by atoms with E-state index in [4.69, 9.17) is 0 Å². The number of aliphatic hydroxyl groups excluding tert-OH is 1. The third kappa shape index (κ3) is 7.88. The number of nitrogens with zero attached hydrogens (tertiary/aromatic N) is 4. The zero-order valence-electron chi connectivity index (χ0n) is 29.7. The van der Waals surface area contributed by atoms with Gasteiger partial charge < -0.3 is 25.7 Å². The molecule has 52 heavy (non-hydrogen) atoms. The number of thiazole rings is 1. The van der Waals surface area contributed by atoms with Crippen LogP contribution in [0.1, 0.15) is 61.8 Å². The topological polar surface area (TPSA) is 158 Å². The molecule has 3 heterocycles. The molecule has 4 atom stereocenters. The number of hydrogen-bond donors (Lipinski definition) is 4. The van der Waals surface area contributed by atoms with Gasteiger partial charge in [0.2, 0.25) is 11.8 Å². The van der Waals surface area contributed by atoms with Crippen molar-refractivity contribution in [3.63, 3.8) is 0 Å². The molecule has 3 amide bonds. The molecule has 0 spiro atoms. The summed E-state index contributed by atoms with van der Waals surface area (Å²) in [4.78, 5) is 48.2. The number of benzene rings is 3. The van der Waals surface area contributed by atoms with Crippen LogP contribution in [0.3, 0.4) is 0 Å². The lowest BCUT2D eigenvalue weighted by Crippen LogP contribution is -2.57. The van der Waals surface area contributed by atoms with E-state index >= 15 is 0 Å². The molecule has 3 aromatic carbocycles. The largest absolute Gasteiger partial charge is 0.507 e. The molecule has 5 aromatic rings. The summed E-state index contributed by atoms with van der Waals surface area (Å²) in [6, 6.07) is 21.3. The van der Waals surface area contributed by atoms with Gasteiger partial charge in [0.1, 0.15) is 17.8 Å². The minimum Gasteiger partial charge on any atom is -0.507 e. The smallest absolute Gasteiger partial charge is 0.251 e. The molecular weight excluding hydrogens is 677 g/mol. The Morgan fingerprint density at radius 1 is 0.942 bits per heavy atom. The Kier molecular flexibility index (Phi) is 10.5. The van der Waals surface area contributed by atoms with Crippen molar-refractivity contribution in [2.24, 2.45) is 5.41 Å². The number of phenolic OH excluding ortho intramolecular Hbond substituents is 1. The number of phenols is 1. The van der Waals surface area contributed by atoms with Crippen LogP contribution in [0.15, 0.2) is 90.6 Å². The van der Waals surface area contributed by atoms with Crippen LogP contribution in [0.5, 0.6) is 5.75 Å². The standard InChI is InChI=1S/C40H42N6O5S/c1-23(25-10-14-27(15-11-25)35-24(2)41-22-52-35)43-38(50)33-19-30(47)21-46(33)39(51)36(40(3,4)5)44-37(49)28-16-12-26(13-17-28)29-18-32(45-42-20-29)31-8-6-7-9-34(31)48/h6-18,20,22-23,30,33,36,47-48H,19,21H2,1-5H3,(H,43,50)(H,44,49)/t23-,30+,33-,36+/m0/s1. The molecule has 1 saturated heterocycles. The minimum atomic E-state index is -0.981. The average molecular weight is 719 g/mol. The summed E-state index contributed by atoms with van der Waals surface area (Å²) >= 11 is 1.57. The second-order valence-electron chi connectivity index (χ2n) is 14.2. The molecule has 2 aromatic heterocycles. The molecular formula is C40H42N6O5S. The van der Waals surface area contributed by atoms with E-state index in [0.29, 0.717) is 16.8 Å². The zero-order valence-corrected chi connectivity index (χ0v) is 30.5. The molecule has 0 bridgehead atoms. The van der Waals surface area contributed by atoms with E-state index < -0.39 is 35.4 Å². The lowest BCUT2D eigenvalue weighted by molar-refractivity contribution is -0.142. The number of aryl methyl sites for hydroxylation is 1. The van der Waals surface area contributed by atoms with Crippen molar-refractivity contribution < 1.29 is 24.6 Å². The summed E-state index contributed by atoms with van der Waals surface area (Å²) in [6.45, 7) is 9.37. The molecule has 268 valence electrons. The van der Waals surface area contributed by atoms with Gasteiger partial charge >= 0.3 is 0 Å². The summed E-state index contributed by atoms with van der Waals surface area (Å²) in [5.41, 5.74) is 6.95. The monoisotopic (exact) mass is 718 g/mol. The summed E-state index contributed by atoms with van der Waals surface area (Å²) in [5, 5.41) is 35.1. The van der Waals surface area contributed by atoms with Gasteiger partial charge in [0, 0.05) is 29.7 Å². The summed E-state index contributed by atoms with van der Waals surface area (Å²) in [7, 11) is 0. The Labute approximate surface area is 306 Å². The zero-order chi connectivity index (χ0) is 37.2. The Hall–Kier alpha value is -5.46. The molecule has 0 saturated carbocycles. The fourth-order valence-electron chi connectivity index (χ4n) is 6.39. The van der Waals surface area contributed by atoms with Crippen molar-refractivity contribution in [1.29, 1.82) is 0 Å². The van der Waals surface area contributed by atoms with E-state index in [0.717, 1.165) is 32.8 Å². The van der Waals surface area contributed by atoms with Gasteiger partial charge in [-0.1, -0.05) is 69.3 Å². The average Bonchev–Trinajstić information content (AvgIpc) is 3.75. The van der Waals surface area contributed by atoms with Gasteiger partial charge in [-0.25, -0.2) is 4.98 Å². The number of aliphatic hydroxyl groups is 1. The van der Waals surface area contributed by atoms with E-state index in [1.807, 2.05) is 70.5 Å². The van der Waals surface area contributed by atoms with Gasteiger partial charge in [-0.3, -0.25) is 14.4 Å². The van der Waals surface area contributed by atoms with Gasteiger partial charge in [-0.15, -0.1) is 11.3 Å². The Bertz CT molecular complexity index is 2080. The van der Waals surface area contributed by atoms with E-state index in [1.54, 1.807) is 66.1 Å². The SMILES string of the molecule is Cc1ncsc1-c1ccc([C@H](C)NC(=O)[C@@H]2C[C@@H](O)CN2C(=O)[C@@H](NC(=O)c2ccc(-c3cnnc(-c4ccccc4O)c3)cc2)C(C)(C)C)cc1. The van der Waals surface area contributed by atoms with Crippen LogP contribution in [0, 0.1) is 12.3 Å². The first-order chi connectivity index (χ1) is 24.8. The van der Waals surface area contributed by atoms with Crippen LogP contribution < -0.4 is 10.6 Å². The number of aromatic hydroxyl groups is 1. The van der Waals surface area contributed by atoms with E-state index in [2.05, 4.69) is 25.8 Å². The van der Waals surface area contributed by atoms with Crippen molar-refractivity contribution in [2.45, 2.75) is 65.3 Å². The lowest BCUT2D eigenvalue weighted by Gasteiger charge is -2.35. The molecule has 1 fully saturated rings. The van der Waals surface area contributed by atoms with Crippen LogP contribution in [0.25, 0.3) is 32.8 Å². The first-order valence-corrected chi connectivity index (χ1v) is 18.0. The van der Waals surface area contributed by atoms with Crippen molar-refractivity contribution >= 4 is 29.1 Å². The second-order valence-corrected chi connectivity index (χ2v) is 15.1. The highest BCUT2D eigenvalue weighted by Gasteiger charge is 2.44. The van der Waals surface area contributed by atoms with E-state index in [-0.39, 0.29) is 30.7 Å². The summed E-state index contributed by atoms with van der Waals surface area (Å²) in [6.07, 6.45) is 0.816. The van der Waals surface area contributed by atoms with Crippen molar-refractivity contribution in [1.82, 2.24) is 30.7 Å². The number of likely N-dealkylation sites (tertiary alicyclic amines) is 1. The van der Waals surface area contributed by atoms with Crippen LogP contribution in [-0.4, -0.2) is 72.7 Å². The minimum absolute atomic E-state index is 0.0198. The van der Waals surface area contributed by atoms with Crippen molar-refractivity contribution in [3.8, 4) is 38.6 Å². The van der Waals surface area contributed by atoms with Crippen LogP contribution in [0.2, 0.25) is 0 Å². The fraction of sp³-hybridized carbons (Fsp3) is 0.300. The number of aromatic nitrogens is 3. The first-order valence-electron chi connectivity index (χ1n) is 17.1. The summed E-state index contributed by atoms with van der Waals surface area (Å²) < 4.78 is 0. The molecule has 4 N–H and O–H groups in total. The molecule has 0 unspecified atom stereocenters. The molecule has 0 radical (unpaired) electrons. The predicted molar refractivity (Wildman–Crippen MR) is 200 cm³/mol. The van der Waals surface area contributed by atoms with Crippen LogP contribution in [0.4, 0.5) is 0 Å². The Morgan fingerprint density at radius 3 is 2.29 bits per heavy atom. The Morgan fingerprint density at radius 2 is 1.63 bits per heavy atom. The number of para-hydroxylation sites is 1. The molecule has 0 aliphatic carbocycles. The van der Waals surface area contributed by atoms with E-state index in [1.165, 1.54) is 4.90 Å². The first kappa shape index (κ1) is 36.3. The third-order valence-electron chi connectivity index (χ3n) is 9.35. The number of hydrogen-bond acceptors (Lipinski definition) is 9. The summed E-state index contributed by atoms with van der Waals surface area (Å²) in [5.74, 6) is -1.16. The van der Waals surface area contributed by atoms with Crippen molar-refractivity contribution in [3.05, 3.63) is 107 Å². The Balaban J connectivity index is 1.13. The van der Waals surface area contributed by atoms with Gasteiger partial charge in [-0.05, 0) is 66.3 Å². The maximum absolute atomic E-state index is 14.1. The van der Waals surface area contributed by atoms with Crippen molar-refractivity contribution in [2.75, 3.05) is 6.54 Å². The highest BCUT2D eigenvalue weighted by atomic mass is 32.1. The van der Waals surface area contributed by atoms with E-state index in [9.17, 15) is 24.6 Å². The molecule has 11 nitrogen and oxygen atoms in total. The third-order valence-corrected chi connectivity index (χ3v) is 10.3. The van der Waals surface area contributed by atoms with Gasteiger partial charge in [0.15, 0.2) is 0 Å². The quantitative estimate of drug-likeness (QED) is 0.146. The number of β-amino-alcohol motifs (C(OH)–C–C–N with tert-alkyl or cyclic N) is 1. The molecule has 12 heteroatoms. The number of rotatable bonds is 9. The number of carbonyl (C=O) groups excluding carboxylic acids is 3. The van der Waals surface area contributed by atoms with Crippen LogP contribution in [-0.2, 0) is 9.59 Å².